The van der Waals surface area contributed by atoms with Crippen molar-refractivity contribution in [3.8, 4) is 0 Å². The van der Waals surface area contributed by atoms with Gasteiger partial charge in [0.2, 0.25) is 0 Å². The van der Waals surface area contributed by atoms with Crippen LogP contribution in [0.25, 0.3) is 54.9 Å². The average molecular weight is 667 g/mol. The van der Waals surface area contributed by atoms with Gasteiger partial charge in [-0.15, -0.1) is 0 Å². The number of rotatable bonds is 6. The number of fused-ring (bicyclic) bond motifs is 8. The number of anilines is 6. The molecule has 244 valence electrons. The third-order valence-electron chi connectivity index (χ3n) is 10.2. The van der Waals surface area contributed by atoms with Gasteiger partial charge in [0.1, 0.15) is 22.7 Å². The van der Waals surface area contributed by atoms with Crippen LogP contribution >= 0.6 is 0 Å². The number of hydrogen-bond donors (Lipinski definition) is 0. The molecule has 0 spiro atoms. The molecule has 0 bridgehead atoms. The van der Waals surface area contributed by atoms with Crippen LogP contribution in [0.3, 0.4) is 0 Å². The van der Waals surface area contributed by atoms with Gasteiger partial charge in [-0.1, -0.05) is 109 Å². The maximum Gasteiger partial charge on any atom is 0.140 e. The first-order chi connectivity index (χ1) is 25.8. The predicted molar refractivity (Wildman–Crippen MR) is 215 cm³/mol. The topological polar surface area (TPSA) is 41.1 Å². The molecule has 5 heterocycles. The summed E-state index contributed by atoms with van der Waals surface area (Å²) in [5.74, 6) is 1.70. The van der Waals surface area contributed by atoms with Crippen LogP contribution in [0.5, 0.6) is 0 Å². The molecule has 0 saturated heterocycles. The van der Waals surface area contributed by atoms with Crippen LogP contribution in [0, 0.1) is 0 Å². The van der Waals surface area contributed by atoms with Gasteiger partial charge in [0, 0.05) is 45.7 Å². The van der Waals surface area contributed by atoms with E-state index < -0.39 is 0 Å². The molecule has 6 heteroatoms. The van der Waals surface area contributed by atoms with Crippen molar-refractivity contribution in [3.63, 3.8) is 0 Å². The van der Waals surface area contributed by atoms with E-state index in [0.717, 1.165) is 89.3 Å². The van der Waals surface area contributed by atoms with Crippen LogP contribution in [-0.4, -0.2) is 18.8 Å². The lowest BCUT2D eigenvalue weighted by molar-refractivity contribution is 1.18. The molecule has 0 atom stereocenters. The molecule has 11 aromatic rings. The summed E-state index contributed by atoms with van der Waals surface area (Å²) < 4.78 is 4.82. The van der Waals surface area contributed by atoms with Crippen LogP contribution in [0.1, 0.15) is 0 Å². The first-order valence-electron chi connectivity index (χ1n) is 17.5. The van der Waals surface area contributed by atoms with Gasteiger partial charge in [0.15, 0.2) is 0 Å². The lowest BCUT2D eigenvalue weighted by Crippen LogP contribution is -2.13. The van der Waals surface area contributed by atoms with Gasteiger partial charge in [-0.3, -0.25) is 9.80 Å². The summed E-state index contributed by atoms with van der Waals surface area (Å²) in [6.45, 7) is 0. The zero-order valence-electron chi connectivity index (χ0n) is 28.0. The van der Waals surface area contributed by atoms with E-state index in [4.69, 9.17) is 9.97 Å². The second-order valence-electron chi connectivity index (χ2n) is 13.1. The zero-order chi connectivity index (χ0) is 34.2. The number of aromatic nitrogens is 4. The van der Waals surface area contributed by atoms with Crippen LogP contribution in [-0.2, 0) is 0 Å². The quantitative estimate of drug-likeness (QED) is 0.166. The molecule has 52 heavy (non-hydrogen) atoms. The lowest BCUT2D eigenvalue weighted by Gasteiger charge is -2.25. The Morgan fingerprint density at radius 3 is 0.981 bits per heavy atom. The predicted octanol–water partition coefficient (Wildman–Crippen LogP) is 12.0. The summed E-state index contributed by atoms with van der Waals surface area (Å²) >= 11 is 0. The summed E-state index contributed by atoms with van der Waals surface area (Å²) in [5.41, 5.74) is 12.6. The highest BCUT2D eigenvalue weighted by Gasteiger charge is 2.27. The third-order valence-corrected chi connectivity index (χ3v) is 10.2. The Kier molecular flexibility index (Phi) is 6.15. The minimum atomic E-state index is 0.848. The van der Waals surface area contributed by atoms with Crippen molar-refractivity contribution in [2.75, 3.05) is 9.80 Å². The minimum Gasteiger partial charge on any atom is -0.304 e. The first-order valence-corrected chi connectivity index (χ1v) is 17.5. The molecule has 6 nitrogen and oxygen atoms in total. The lowest BCUT2D eigenvalue weighted by atomic mass is 10.2. The van der Waals surface area contributed by atoms with E-state index in [1.165, 1.54) is 0 Å². The van der Waals surface area contributed by atoms with E-state index in [0.29, 0.717) is 0 Å². The Labute approximate surface area is 299 Å². The molecule has 0 aliphatic heterocycles. The molecular formula is C46H30N6. The Morgan fingerprint density at radius 1 is 0.327 bits per heavy atom. The molecule has 11 rings (SSSR count). The Morgan fingerprint density at radius 2 is 0.635 bits per heavy atom. The van der Waals surface area contributed by atoms with E-state index in [-0.39, 0.29) is 0 Å². The molecule has 0 N–H and O–H groups in total. The van der Waals surface area contributed by atoms with Gasteiger partial charge in [-0.25, -0.2) is 9.97 Å². The molecule has 0 fully saturated rings. The summed E-state index contributed by atoms with van der Waals surface area (Å²) in [6.07, 6.45) is 0. The maximum atomic E-state index is 5.54. The van der Waals surface area contributed by atoms with Crippen molar-refractivity contribution in [1.29, 1.82) is 0 Å². The van der Waals surface area contributed by atoms with E-state index in [1.54, 1.807) is 0 Å². The van der Waals surface area contributed by atoms with Gasteiger partial charge in [-0.2, -0.15) is 0 Å². The number of hydrogen-bond acceptors (Lipinski definition) is 4. The normalized spacial score (nSPS) is 11.8. The largest absolute Gasteiger partial charge is 0.304 e. The van der Waals surface area contributed by atoms with Crippen LogP contribution in [0.15, 0.2) is 182 Å². The fourth-order valence-electron chi connectivity index (χ4n) is 8.02. The smallest absolute Gasteiger partial charge is 0.140 e. The van der Waals surface area contributed by atoms with Crippen LogP contribution in [0.2, 0.25) is 0 Å². The van der Waals surface area contributed by atoms with Gasteiger partial charge < -0.3 is 8.80 Å². The molecule has 5 aromatic heterocycles. The summed E-state index contributed by atoms with van der Waals surface area (Å²) in [5, 5.41) is 2.21. The van der Waals surface area contributed by atoms with E-state index in [1.807, 2.05) is 0 Å². The summed E-state index contributed by atoms with van der Waals surface area (Å²) in [4.78, 5) is 15.6. The maximum absolute atomic E-state index is 5.54. The number of nitrogens with zero attached hydrogens (tertiary/aromatic N) is 6. The highest BCUT2D eigenvalue weighted by molar-refractivity contribution is 6.21. The average Bonchev–Trinajstić information content (AvgIpc) is 3.73. The van der Waals surface area contributed by atoms with E-state index in [9.17, 15) is 0 Å². The fraction of sp³-hybridized carbons (Fsp3) is 0. The monoisotopic (exact) mass is 666 g/mol. The highest BCUT2D eigenvalue weighted by atomic mass is 15.2. The molecular weight excluding hydrogens is 637 g/mol. The van der Waals surface area contributed by atoms with Crippen LogP contribution < -0.4 is 9.80 Å². The highest BCUT2D eigenvalue weighted by Crippen LogP contribution is 2.45. The van der Waals surface area contributed by atoms with Gasteiger partial charge in [-0.05, 0) is 60.7 Å². The summed E-state index contributed by atoms with van der Waals surface area (Å²) in [6, 6.07) is 63.8. The molecule has 0 amide bonds. The molecule has 0 aliphatic carbocycles. The van der Waals surface area contributed by atoms with Crippen molar-refractivity contribution < 1.29 is 0 Å². The van der Waals surface area contributed by atoms with Gasteiger partial charge >= 0.3 is 0 Å². The van der Waals surface area contributed by atoms with Crippen molar-refractivity contribution in [1.82, 2.24) is 18.8 Å². The number of benzene rings is 6. The Hall–Kier alpha value is -7.18. The standard InChI is InChI=1S/C46H30N6/c1-5-17-31(18-6-1)49(32-19-7-2-8-20-32)41-29-39-45-43(47-41)35-25-13-15-27-37(35)52(45)40-30-42(48-44-36-26-14-16-28-38(36)51(39)46(40)44)50(33-21-9-3-10-22-33)34-23-11-4-12-24-34/h1-30H. The van der Waals surface area contributed by atoms with Gasteiger partial charge in [0.05, 0.1) is 33.1 Å². The van der Waals surface area contributed by atoms with Crippen molar-refractivity contribution in [2.24, 2.45) is 0 Å². The number of para-hydroxylation sites is 6. The van der Waals surface area contributed by atoms with Crippen molar-refractivity contribution in [3.05, 3.63) is 182 Å². The summed E-state index contributed by atoms with van der Waals surface area (Å²) in [7, 11) is 0. The molecule has 0 aliphatic rings. The molecule has 0 radical (unpaired) electrons. The van der Waals surface area contributed by atoms with Crippen molar-refractivity contribution in [2.45, 2.75) is 0 Å². The third kappa shape index (κ3) is 4.12. The SMILES string of the molecule is c1ccc(N(c2ccccc2)c2cc3c4c(n2)c2ccccc2n4c2cc(N(c4ccccc4)c4ccccc4)nc4c5ccccc5n3c42)cc1. The first kappa shape index (κ1) is 28.6. The Balaban J connectivity index is 1.32. The Bertz CT molecular complexity index is 2770. The second kappa shape index (κ2) is 11.2. The number of pyridine rings is 2. The second-order valence-corrected chi connectivity index (χ2v) is 13.1. The van der Waals surface area contributed by atoms with Gasteiger partial charge in [0.25, 0.3) is 0 Å². The molecule has 6 aromatic carbocycles. The minimum absolute atomic E-state index is 0.848. The van der Waals surface area contributed by atoms with Crippen molar-refractivity contribution >= 4 is 89.3 Å². The fourth-order valence-corrected chi connectivity index (χ4v) is 8.02. The van der Waals surface area contributed by atoms with E-state index >= 15 is 0 Å². The molecule has 0 unspecified atom stereocenters. The van der Waals surface area contributed by atoms with E-state index in [2.05, 4.69) is 201 Å². The zero-order valence-corrected chi connectivity index (χ0v) is 28.0. The molecule has 0 saturated carbocycles. The van der Waals surface area contributed by atoms with Crippen LogP contribution in [0.4, 0.5) is 34.4 Å².